The second-order valence-corrected chi connectivity index (χ2v) is 4.96. The number of carboxylic acids is 1. The van der Waals surface area contributed by atoms with Crippen molar-refractivity contribution in [1.29, 1.82) is 0 Å². The van der Waals surface area contributed by atoms with Gasteiger partial charge >= 0.3 is 5.97 Å². The van der Waals surface area contributed by atoms with Crippen molar-refractivity contribution < 1.29 is 14.6 Å². The van der Waals surface area contributed by atoms with E-state index >= 15 is 0 Å². The predicted octanol–water partition coefficient (Wildman–Crippen LogP) is 4.03. The quantitative estimate of drug-likeness (QED) is 0.837. The molecule has 2 rings (SSSR count). The van der Waals surface area contributed by atoms with Crippen molar-refractivity contribution in [3.8, 4) is 11.5 Å². The molecule has 5 heteroatoms. The summed E-state index contributed by atoms with van der Waals surface area (Å²) in [6.45, 7) is 3.73. The molecule has 20 heavy (non-hydrogen) atoms. The summed E-state index contributed by atoms with van der Waals surface area (Å²) in [6.07, 6.45) is 0. The van der Waals surface area contributed by atoms with E-state index in [1.807, 2.05) is 13.8 Å². The fraction of sp³-hybridized carbons (Fsp3) is 0.133. The van der Waals surface area contributed by atoms with Gasteiger partial charge in [-0.1, -0.05) is 11.6 Å². The molecule has 0 fully saturated rings. The van der Waals surface area contributed by atoms with Gasteiger partial charge in [-0.2, -0.15) is 0 Å². The first-order valence-electron chi connectivity index (χ1n) is 5.96. The molecular formula is C15H14ClNO3. The number of halogens is 1. The van der Waals surface area contributed by atoms with Crippen LogP contribution in [0.1, 0.15) is 21.5 Å². The summed E-state index contributed by atoms with van der Waals surface area (Å²) in [7, 11) is 0. The van der Waals surface area contributed by atoms with Crippen LogP contribution in [0.4, 0.5) is 5.69 Å². The number of carboxylic acid groups (broad SMARTS) is 1. The molecule has 0 bridgehead atoms. The monoisotopic (exact) mass is 291 g/mol. The van der Waals surface area contributed by atoms with E-state index in [0.717, 1.165) is 11.1 Å². The van der Waals surface area contributed by atoms with Gasteiger partial charge < -0.3 is 15.6 Å². The number of benzene rings is 2. The Bertz CT molecular complexity index is 660. The molecule has 104 valence electrons. The minimum Gasteiger partial charge on any atom is -0.478 e. The molecular weight excluding hydrogens is 278 g/mol. The Labute approximate surface area is 121 Å². The van der Waals surface area contributed by atoms with E-state index in [1.165, 1.54) is 18.2 Å². The Morgan fingerprint density at radius 2 is 1.80 bits per heavy atom. The smallest absolute Gasteiger partial charge is 0.335 e. The Balaban J connectivity index is 2.45. The van der Waals surface area contributed by atoms with Crippen molar-refractivity contribution in [2.24, 2.45) is 0 Å². The third kappa shape index (κ3) is 2.86. The summed E-state index contributed by atoms with van der Waals surface area (Å²) in [5.41, 5.74) is 8.04. The molecule has 3 N–H and O–H groups in total. The number of rotatable bonds is 3. The number of hydrogen-bond acceptors (Lipinski definition) is 3. The Morgan fingerprint density at radius 1 is 1.20 bits per heavy atom. The van der Waals surface area contributed by atoms with Crippen LogP contribution in [0.3, 0.4) is 0 Å². The average molecular weight is 292 g/mol. The third-order valence-corrected chi connectivity index (χ3v) is 3.12. The topological polar surface area (TPSA) is 72.5 Å². The van der Waals surface area contributed by atoms with Gasteiger partial charge in [0.2, 0.25) is 0 Å². The Hall–Kier alpha value is -2.20. The molecule has 0 amide bonds. The molecule has 0 aliphatic carbocycles. The highest BCUT2D eigenvalue weighted by molar-refractivity contribution is 6.30. The number of aromatic carboxylic acids is 1. The van der Waals surface area contributed by atoms with Crippen LogP contribution in [0.5, 0.6) is 11.5 Å². The molecule has 0 atom stereocenters. The van der Waals surface area contributed by atoms with Crippen LogP contribution in [0, 0.1) is 13.8 Å². The number of nitrogens with two attached hydrogens (primary N) is 1. The molecule has 0 aliphatic rings. The minimum absolute atomic E-state index is 0.124. The molecule has 4 nitrogen and oxygen atoms in total. The lowest BCUT2D eigenvalue weighted by atomic mass is 10.1. The zero-order valence-corrected chi connectivity index (χ0v) is 11.9. The lowest BCUT2D eigenvalue weighted by molar-refractivity contribution is 0.0696. The van der Waals surface area contributed by atoms with Crippen molar-refractivity contribution in [2.75, 3.05) is 5.73 Å². The zero-order valence-electron chi connectivity index (χ0n) is 11.1. The standard InChI is InChI=1S/C15H14ClNO3/c1-8-5-11(16)6-9(2)14(8)20-13-7-10(15(18)19)3-4-12(13)17/h3-7H,17H2,1-2H3,(H,18,19). The fourth-order valence-corrected chi connectivity index (χ4v) is 2.25. The van der Waals surface area contributed by atoms with Crippen LogP contribution < -0.4 is 10.5 Å². The maximum Gasteiger partial charge on any atom is 0.335 e. The highest BCUT2D eigenvalue weighted by Crippen LogP contribution is 2.34. The second-order valence-electron chi connectivity index (χ2n) is 4.53. The summed E-state index contributed by atoms with van der Waals surface area (Å²) in [5, 5.41) is 9.62. The van der Waals surface area contributed by atoms with Gasteiger partial charge in [-0.15, -0.1) is 0 Å². The average Bonchev–Trinajstić information content (AvgIpc) is 2.35. The van der Waals surface area contributed by atoms with Gasteiger partial charge in [-0.3, -0.25) is 0 Å². The highest BCUT2D eigenvalue weighted by Gasteiger charge is 2.12. The molecule has 2 aromatic carbocycles. The third-order valence-electron chi connectivity index (χ3n) is 2.90. The van der Waals surface area contributed by atoms with Crippen LogP contribution in [0.25, 0.3) is 0 Å². The number of carbonyl (C=O) groups is 1. The number of hydrogen-bond donors (Lipinski definition) is 2. The van der Waals surface area contributed by atoms with E-state index < -0.39 is 5.97 Å². The lowest BCUT2D eigenvalue weighted by Crippen LogP contribution is -2.00. The van der Waals surface area contributed by atoms with Crippen molar-refractivity contribution in [2.45, 2.75) is 13.8 Å². The van der Waals surface area contributed by atoms with Gasteiger partial charge in [0.25, 0.3) is 0 Å². The molecule has 0 aromatic heterocycles. The number of aryl methyl sites for hydroxylation is 2. The summed E-state index contributed by atoms with van der Waals surface area (Å²) in [5.74, 6) is -0.0820. The van der Waals surface area contributed by atoms with Crippen molar-refractivity contribution in [1.82, 2.24) is 0 Å². The van der Waals surface area contributed by atoms with Gasteiger partial charge in [0.05, 0.1) is 11.3 Å². The van der Waals surface area contributed by atoms with E-state index in [-0.39, 0.29) is 5.56 Å². The Morgan fingerprint density at radius 3 is 2.35 bits per heavy atom. The van der Waals surface area contributed by atoms with E-state index in [2.05, 4.69) is 0 Å². The fourth-order valence-electron chi connectivity index (χ4n) is 1.92. The first-order valence-corrected chi connectivity index (χ1v) is 6.33. The van der Waals surface area contributed by atoms with E-state index in [9.17, 15) is 4.79 Å². The molecule has 0 saturated carbocycles. The molecule has 0 radical (unpaired) electrons. The number of anilines is 1. The van der Waals surface area contributed by atoms with Crippen LogP contribution in [-0.4, -0.2) is 11.1 Å². The first kappa shape index (κ1) is 14.2. The summed E-state index contributed by atoms with van der Waals surface area (Å²) < 4.78 is 5.77. The minimum atomic E-state index is -1.03. The largest absolute Gasteiger partial charge is 0.478 e. The second kappa shape index (κ2) is 5.43. The normalized spacial score (nSPS) is 10.3. The van der Waals surface area contributed by atoms with E-state index in [1.54, 1.807) is 12.1 Å². The van der Waals surface area contributed by atoms with Crippen LogP contribution in [-0.2, 0) is 0 Å². The summed E-state index contributed by atoms with van der Waals surface area (Å²) in [4.78, 5) is 11.0. The van der Waals surface area contributed by atoms with E-state index in [4.69, 9.17) is 27.2 Å². The zero-order chi connectivity index (χ0) is 14.9. The van der Waals surface area contributed by atoms with Gasteiger partial charge in [0.15, 0.2) is 5.75 Å². The maximum absolute atomic E-state index is 11.0. The molecule has 0 aliphatic heterocycles. The van der Waals surface area contributed by atoms with E-state index in [0.29, 0.717) is 22.2 Å². The maximum atomic E-state index is 11.0. The van der Waals surface area contributed by atoms with Crippen LogP contribution in [0.2, 0.25) is 5.02 Å². The molecule has 0 spiro atoms. The summed E-state index contributed by atoms with van der Waals surface area (Å²) >= 11 is 5.97. The lowest BCUT2D eigenvalue weighted by Gasteiger charge is -2.14. The number of nitrogen functional groups attached to an aromatic ring is 1. The predicted molar refractivity (Wildman–Crippen MR) is 78.8 cm³/mol. The van der Waals surface area contributed by atoms with Gasteiger partial charge in [0, 0.05) is 5.02 Å². The van der Waals surface area contributed by atoms with Crippen molar-refractivity contribution >= 4 is 23.3 Å². The number of ether oxygens (including phenoxy) is 1. The molecule has 0 heterocycles. The molecule has 0 unspecified atom stereocenters. The highest BCUT2D eigenvalue weighted by atomic mass is 35.5. The van der Waals surface area contributed by atoms with Gasteiger partial charge in [0.1, 0.15) is 5.75 Å². The summed E-state index contributed by atoms with van der Waals surface area (Å²) in [6, 6.07) is 7.92. The van der Waals surface area contributed by atoms with Gasteiger partial charge in [-0.05, 0) is 55.3 Å². The van der Waals surface area contributed by atoms with Crippen molar-refractivity contribution in [3.05, 3.63) is 52.0 Å². The molecule has 0 saturated heterocycles. The van der Waals surface area contributed by atoms with Crippen LogP contribution in [0.15, 0.2) is 30.3 Å². The van der Waals surface area contributed by atoms with Gasteiger partial charge in [-0.25, -0.2) is 4.79 Å². The van der Waals surface area contributed by atoms with Crippen LogP contribution >= 0.6 is 11.6 Å². The van der Waals surface area contributed by atoms with Crippen molar-refractivity contribution in [3.63, 3.8) is 0 Å². The Kier molecular flexibility index (Phi) is 3.86. The molecule has 2 aromatic rings. The SMILES string of the molecule is Cc1cc(Cl)cc(C)c1Oc1cc(C(=O)O)ccc1N. The first-order chi connectivity index (χ1) is 9.38.